The molecule has 26 heavy (non-hydrogen) atoms. The largest absolute Gasteiger partial charge is 0.347 e. The van der Waals surface area contributed by atoms with E-state index in [2.05, 4.69) is 20.6 Å². The van der Waals surface area contributed by atoms with E-state index in [4.69, 9.17) is 11.6 Å². The summed E-state index contributed by atoms with van der Waals surface area (Å²) in [5.41, 5.74) is 2.81. The van der Waals surface area contributed by atoms with Gasteiger partial charge in [0.2, 0.25) is 5.95 Å². The first-order valence-electron chi connectivity index (χ1n) is 8.11. The molecule has 0 aliphatic carbocycles. The number of sulfone groups is 1. The number of hydrogen-bond acceptors (Lipinski definition) is 6. The first kappa shape index (κ1) is 18.6. The summed E-state index contributed by atoms with van der Waals surface area (Å²) in [7, 11) is -3.06. The summed E-state index contributed by atoms with van der Waals surface area (Å²) in [4.78, 5) is 20.7. The molecule has 2 N–H and O–H groups in total. The molecule has 0 radical (unpaired) electrons. The highest BCUT2D eigenvalue weighted by molar-refractivity contribution is 7.91. The van der Waals surface area contributed by atoms with Crippen molar-refractivity contribution in [1.29, 1.82) is 0 Å². The van der Waals surface area contributed by atoms with E-state index in [-0.39, 0.29) is 29.2 Å². The lowest BCUT2D eigenvalue weighted by atomic mass is 10.1. The Balaban J connectivity index is 1.75. The molecule has 7 nitrogen and oxygen atoms in total. The van der Waals surface area contributed by atoms with Crippen molar-refractivity contribution in [3.63, 3.8) is 0 Å². The van der Waals surface area contributed by atoms with Gasteiger partial charge in [0.1, 0.15) is 5.69 Å². The topological polar surface area (TPSA) is 101 Å². The molecular weight excluding hydrogens is 376 g/mol. The lowest BCUT2D eigenvalue weighted by Crippen LogP contribution is -2.36. The summed E-state index contributed by atoms with van der Waals surface area (Å²) in [6.07, 6.45) is 1.88. The first-order chi connectivity index (χ1) is 12.2. The number of carbonyl (C=O) groups is 1. The van der Waals surface area contributed by atoms with E-state index < -0.39 is 15.7 Å². The highest BCUT2D eigenvalue weighted by Gasteiger charge is 2.29. The third-order valence-electron chi connectivity index (χ3n) is 4.12. The third kappa shape index (κ3) is 4.31. The molecule has 1 amide bonds. The molecule has 138 valence electrons. The van der Waals surface area contributed by atoms with Crippen molar-refractivity contribution in [3.05, 3.63) is 46.2 Å². The quantitative estimate of drug-likeness (QED) is 0.825. The fraction of sp³-hybridized carbons (Fsp3) is 0.353. The van der Waals surface area contributed by atoms with Gasteiger partial charge < -0.3 is 10.6 Å². The number of hydrogen-bond donors (Lipinski definition) is 2. The van der Waals surface area contributed by atoms with Crippen LogP contribution in [0.15, 0.2) is 24.4 Å². The Kier molecular flexibility index (Phi) is 5.15. The minimum atomic E-state index is -3.06. The van der Waals surface area contributed by atoms with Crippen molar-refractivity contribution in [1.82, 2.24) is 15.3 Å². The van der Waals surface area contributed by atoms with Crippen molar-refractivity contribution in [2.75, 3.05) is 16.8 Å². The second-order valence-electron chi connectivity index (χ2n) is 6.40. The number of amides is 1. The van der Waals surface area contributed by atoms with Crippen LogP contribution in [-0.2, 0) is 9.84 Å². The Morgan fingerprint density at radius 2 is 2.08 bits per heavy atom. The summed E-state index contributed by atoms with van der Waals surface area (Å²) in [6, 6.07) is 4.90. The monoisotopic (exact) mass is 394 g/mol. The SMILES string of the molecule is Cc1cc(C)c(Nc2nccc(C(=O)NC3CCS(=O)(=O)C3)n2)c(Cl)c1. The zero-order chi connectivity index (χ0) is 18.9. The Labute approximate surface area is 157 Å². The van der Waals surface area contributed by atoms with Crippen LogP contribution in [-0.4, -0.2) is 41.8 Å². The van der Waals surface area contributed by atoms with E-state index in [1.54, 1.807) is 0 Å². The standard InChI is InChI=1S/C17H19ClN4O3S/c1-10-7-11(2)15(13(18)8-10)22-17-19-5-3-14(21-17)16(23)20-12-4-6-26(24,25)9-12/h3,5,7-8,12H,4,6,9H2,1-2H3,(H,20,23)(H,19,21,22). The second-order valence-corrected chi connectivity index (χ2v) is 9.04. The normalized spacial score (nSPS) is 18.5. The molecule has 1 aliphatic rings. The number of rotatable bonds is 4. The van der Waals surface area contributed by atoms with Crippen LogP contribution in [0, 0.1) is 13.8 Å². The average molecular weight is 395 g/mol. The minimum Gasteiger partial charge on any atom is -0.347 e. The van der Waals surface area contributed by atoms with Gasteiger partial charge in [0.05, 0.1) is 22.2 Å². The van der Waals surface area contributed by atoms with Gasteiger partial charge in [-0.05, 0) is 43.5 Å². The molecule has 0 bridgehead atoms. The van der Waals surface area contributed by atoms with Crippen molar-refractivity contribution in [3.8, 4) is 0 Å². The number of carbonyl (C=O) groups excluding carboxylic acids is 1. The number of nitrogens with one attached hydrogen (secondary N) is 2. The van der Waals surface area contributed by atoms with Crippen LogP contribution in [0.2, 0.25) is 5.02 Å². The van der Waals surface area contributed by atoms with E-state index in [1.165, 1.54) is 12.3 Å². The van der Waals surface area contributed by atoms with Gasteiger partial charge in [-0.15, -0.1) is 0 Å². The number of benzene rings is 1. The molecule has 1 saturated heterocycles. The molecular formula is C17H19ClN4O3S. The van der Waals surface area contributed by atoms with Gasteiger partial charge >= 0.3 is 0 Å². The first-order valence-corrected chi connectivity index (χ1v) is 10.3. The van der Waals surface area contributed by atoms with Gasteiger partial charge in [0.25, 0.3) is 5.91 Å². The lowest BCUT2D eigenvalue weighted by molar-refractivity contribution is 0.0936. The maximum absolute atomic E-state index is 12.3. The summed E-state index contributed by atoms with van der Waals surface area (Å²) < 4.78 is 23.0. The van der Waals surface area contributed by atoms with E-state index >= 15 is 0 Å². The van der Waals surface area contributed by atoms with Crippen LogP contribution in [0.25, 0.3) is 0 Å². The van der Waals surface area contributed by atoms with E-state index in [9.17, 15) is 13.2 Å². The summed E-state index contributed by atoms with van der Waals surface area (Å²) in [5.74, 6) is -0.123. The number of halogens is 1. The molecule has 2 aromatic rings. The molecule has 1 aliphatic heterocycles. The fourth-order valence-corrected chi connectivity index (χ4v) is 4.94. The number of aryl methyl sites for hydroxylation is 2. The van der Waals surface area contributed by atoms with Gasteiger partial charge in [0, 0.05) is 12.2 Å². The van der Waals surface area contributed by atoms with Gasteiger partial charge in [-0.2, -0.15) is 0 Å². The van der Waals surface area contributed by atoms with Crippen molar-refractivity contribution < 1.29 is 13.2 Å². The third-order valence-corrected chi connectivity index (χ3v) is 6.19. The average Bonchev–Trinajstić information content (AvgIpc) is 2.90. The lowest BCUT2D eigenvalue weighted by Gasteiger charge is -2.13. The second kappa shape index (κ2) is 7.20. The highest BCUT2D eigenvalue weighted by Crippen LogP contribution is 2.29. The zero-order valence-corrected chi connectivity index (χ0v) is 16.0. The van der Waals surface area contributed by atoms with Crippen LogP contribution in [0.1, 0.15) is 28.0 Å². The van der Waals surface area contributed by atoms with Crippen LogP contribution in [0.5, 0.6) is 0 Å². The number of aromatic nitrogens is 2. The van der Waals surface area contributed by atoms with E-state index in [1.807, 2.05) is 26.0 Å². The summed E-state index contributed by atoms with van der Waals surface area (Å²) >= 11 is 6.27. The number of nitrogens with zero attached hydrogens (tertiary/aromatic N) is 2. The Morgan fingerprint density at radius 1 is 1.31 bits per heavy atom. The molecule has 1 fully saturated rings. The molecule has 1 unspecified atom stereocenters. The summed E-state index contributed by atoms with van der Waals surface area (Å²) in [5, 5.41) is 6.29. The predicted molar refractivity (Wildman–Crippen MR) is 101 cm³/mol. The molecule has 2 heterocycles. The van der Waals surface area contributed by atoms with Crippen molar-refractivity contribution in [2.45, 2.75) is 26.3 Å². The van der Waals surface area contributed by atoms with E-state index in [0.29, 0.717) is 17.1 Å². The van der Waals surface area contributed by atoms with Crippen LogP contribution >= 0.6 is 11.6 Å². The molecule has 0 spiro atoms. The molecule has 1 aromatic carbocycles. The molecule has 1 aromatic heterocycles. The Bertz CT molecular complexity index is 939. The maximum Gasteiger partial charge on any atom is 0.270 e. The highest BCUT2D eigenvalue weighted by atomic mass is 35.5. The van der Waals surface area contributed by atoms with E-state index in [0.717, 1.165) is 11.1 Å². The van der Waals surface area contributed by atoms with Crippen molar-refractivity contribution >= 4 is 39.0 Å². The molecule has 9 heteroatoms. The van der Waals surface area contributed by atoms with Gasteiger partial charge in [0.15, 0.2) is 9.84 Å². The zero-order valence-electron chi connectivity index (χ0n) is 14.4. The number of anilines is 2. The Hall–Kier alpha value is -2.19. The minimum absolute atomic E-state index is 0.0346. The van der Waals surface area contributed by atoms with Crippen LogP contribution in [0.4, 0.5) is 11.6 Å². The molecule has 0 saturated carbocycles. The van der Waals surface area contributed by atoms with Crippen LogP contribution in [0.3, 0.4) is 0 Å². The van der Waals surface area contributed by atoms with Gasteiger partial charge in [-0.3, -0.25) is 4.79 Å². The van der Waals surface area contributed by atoms with Crippen LogP contribution < -0.4 is 10.6 Å². The molecule has 1 atom stereocenters. The molecule has 3 rings (SSSR count). The smallest absolute Gasteiger partial charge is 0.270 e. The van der Waals surface area contributed by atoms with Gasteiger partial charge in [-0.25, -0.2) is 18.4 Å². The predicted octanol–water partition coefficient (Wildman–Crippen LogP) is 2.41. The maximum atomic E-state index is 12.3. The fourth-order valence-electron chi connectivity index (χ4n) is 2.90. The Morgan fingerprint density at radius 3 is 2.73 bits per heavy atom. The van der Waals surface area contributed by atoms with Crippen molar-refractivity contribution in [2.24, 2.45) is 0 Å². The summed E-state index contributed by atoms with van der Waals surface area (Å²) in [6.45, 7) is 3.87. The van der Waals surface area contributed by atoms with Gasteiger partial charge in [-0.1, -0.05) is 17.7 Å².